The van der Waals surface area contributed by atoms with Gasteiger partial charge in [0.05, 0.1) is 22.6 Å². The lowest BCUT2D eigenvalue weighted by Crippen LogP contribution is -2.23. The van der Waals surface area contributed by atoms with Gasteiger partial charge in [-0.05, 0) is 47.7 Å². The molecule has 2 aromatic carbocycles. The van der Waals surface area contributed by atoms with E-state index in [4.69, 9.17) is 5.26 Å². The van der Waals surface area contributed by atoms with Crippen molar-refractivity contribution >= 4 is 23.4 Å². The predicted molar refractivity (Wildman–Crippen MR) is 94.3 cm³/mol. The number of hydrogen-bond acceptors (Lipinski definition) is 6. The van der Waals surface area contributed by atoms with E-state index in [1.807, 2.05) is 36.4 Å². The molecule has 0 aliphatic heterocycles. The maximum absolute atomic E-state index is 12.4. The Morgan fingerprint density at radius 3 is 2.80 bits per heavy atom. The van der Waals surface area contributed by atoms with E-state index < -0.39 is 5.25 Å². The number of hydrogen-bond donors (Lipinski definition) is 1. The first-order valence-electron chi connectivity index (χ1n) is 7.49. The van der Waals surface area contributed by atoms with Crippen molar-refractivity contribution in [1.82, 2.24) is 20.2 Å². The van der Waals surface area contributed by atoms with Gasteiger partial charge in [-0.15, -0.1) is 5.10 Å². The maximum Gasteiger partial charge on any atom is 0.237 e. The number of rotatable bonds is 5. The number of nitriles is 1. The van der Waals surface area contributed by atoms with Crippen molar-refractivity contribution in [3.05, 3.63) is 60.2 Å². The van der Waals surface area contributed by atoms with Gasteiger partial charge in [0.15, 0.2) is 0 Å². The van der Waals surface area contributed by atoms with Crippen LogP contribution in [0.3, 0.4) is 0 Å². The summed E-state index contributed by atoms with van der Waals surface area (Å²) in [7, 11) is 0. The van der Waals surface area contributed by atoms with Crippen LogP contribution >= 0.6 is 11.8 Å². The van der Waals surface area contributed by atoms with Crippen LogP contribution in [0.25, 0.3) is 5.69 Å². The highest BCUT2D eigenvalue weighted by molar-refractivity contribution is 8.00. The number of benzene rings is 2. The second-order valence-electron chi connectivity index (χ2n) is 5.15. The van der Waals surface area contributed by atoms with Crippen LogP contribution in [0.5, 0.6) is 0 Å². The number of thioether (sulfide) groups is 1. The van der Waals surface area contributed by atoms with E-state index >= 15 is 0 Å². The number of aromatic nitrogens is 4. The lowest BCUT2D eigenvalue weighted by atomic mass is 10.2. The van der Waals surface area contributed by atoms with Gasteiger partial charge in [0.1, 0.15) is 0 Å². The van der Waals surface area contributed by atoms with Crippen molar-refractivity contribution in [3.63, 3.8) is 0 Å². The fourth-order valence-electron chi connectivity index (χ4n) is 2.11. The zero-order valence-corrected chi connectivity index (χ0v) is 14.1. The van der Waals surface area contributed by atoms with E-state index in [1.165, 1.54) is 11.8 Å². The molecule has 124 valence electrons. The fraction of sp³-hybridized carbons (Fsp3) is 0.118. The largest absolute Gasteiger partial charge is 0.325 e. The molecule has 0 radical (unpaired) electrons. The molecule has 0 bridgehead atoms. The summed E-state index contributed by atoms with van der Waals surface area (Å²) in [6.07, 6.45) is 0. The average Bonchev–Trinajstić information content (AvgIpc) is 3.10. The lowest BCUT2D eigenvalue weighted by molar-refractivity contribution is -0.115. The molecular weight excluding hydrogens is 336 g/mol. The minimum Gasteiger partial charge on any atom is -0.325 e. The van der Waals surface area contributed by atoms with Crippen molar-refractivity contribution in [2.75, 3.05) is 5.32 Å². The normalized spacial score (nSPS) is 11.5. The highest BCUT2D eigenvalue weighted by atomic mass is 32.2. The van der Waals surface area contributed by atoms with Crippen LogP contribution in [0.15, 0.2) is 59.8 Å². The Hall–Kier alpha value is -3.18. The van der Waals surface area contributed by atoms with Crippen LogP contribution in [-0.2, 0) is 4.79 Å². The number of nitrogens with zero attached hydrogens (tertiary/aromatic N) is 5. The number of para-hydroxylation sites is 1. The van der Waals surface area contributed by atoms with Gasteiger partial charge in [-0.2, -0.15) is 9.94 Å². The van der Waals surface area contributed by atoms with E-state index in [9.17, 15) is 4.79 Å². The molecule has 3 rings (SSSR count). The monoisotopic (exact) mass is 350 g/mol. The van der Waals surface area contributed by atoms with Crippen LogP contribution < -0.4 is 5.32 Å². The summed E-state index contributed by atoms with van der Waals surface area (Å²) in [4.78, 5) is 12.4. The molecule has 1 aromatic heterocycles. The molecular formula is C17H14N6OS. The van der Waals surface area contributed by atoms with Crippen molar-refractivity contribution < 1.29 is 4.79 Å². The van der Waals surface area contributed by atoms with Crippen LogP contribution in [0, 0.1) is 11.3 Å². The molecule has 1 N–H and O–H groups in total. The second-order valence-corrected chi connectivity index (χ2v) is 6.46. The summed E-state index contributed by atoms with van der Waals surface area (Å²) >= 11 is 1.26. The Bertz CT molecular complexity index is 918. The summed E-state index contributed by atoms with van der Waals surface area (Å²) in [5, 5.41) is 23.5. The number of tetrazole rings is 1. The summed E-state index contributed by atoms with van der Waals surface area (Å²) in [6, 6.07) is 18.3. The molecule has 0 saturated heterocycles. The highest BCUT2D eigenvalue weighted by Crippen LogP contribution is 2.24. The van der Waals surface area contributed by atoms with Gasteiger partial charge in [0.2, 0.25) is 11.1 Å². The third-order valence-electron chi connectivity index (χ3n) is 3.35. The van der Waals surface area contributed by atoms with Gasteiger partial charge in [-0.1, -0.05) is 36.0 Å². The second kappa shape index (κ2) is 7.59. The Labute approximate surface area is 148 Å². The van der Waals surface area contributed by atoms with E-state index in [-0.39, 0.29) is 5.91 Å². The Kier molecular flexibility index (Phi) is 5.06. The maximum atomic E-state index is 12.4. The van der Waals surface area contributed by atoms with E-state index in [2.05, 4.69) is 20.8 Å². The molecule has 0 unspecified atom stereocenters. The molecule has 1 amide bonds. The van der Waals surface area contributed by atoms with Crippen molar-refractivity contribution in [2.24, 2.45) is 0 Å². The predicted octanol–water partition coefficient (Wildman–Crippen LogP) is 2.65. The SMILES string of the molecule is C[C@@H](Sc1nnnn1-c1ccccc1)C(=O)Nc1cccc(C#N)c1. The zero-order chi connectivity index (χ0) is 17.6. The average molecular weight is 350 g/mol. The van der Waals surface area contributed by atoms with Crippen LogP contribution in [-0.4, -0.2) is 31.4 Å². The summed E-state index contributed by atoms with van der Waals surface area (Å²) < 4.78 is 1.59. The van der Waals surface area contributed by atoms with Gasteiger partial charge in [-0.25, -0.2) is 0 Å². The molecule has 0 aliphatic carbocycles. The zero-order valence-electron chi connectivity index (χ0n) is 13.3. The molecule has 0 aliphatic rings. The molecule has 1 atom stereocenters. The highest BCUT2D eigenvalue weighted by Gasteiger charge is 2.19. The number of carbonyl (C=O) groups excluding carboxylic acids is 1. The first-order chi connectivity index (χ1) is 12.2. The first-order valence-corrected chi connectivity index (χ1v) is 8.37. The molecule has 8 heteroatoms. The third-order valence-corrected chi connectivity index (χ3v) is 4.39. The minimum absolute atomic E-state index is 0.192. The summed E-state index contributed by atoms with van der Waals surface area (Å²) in [6.45, 7) is 1.78. The lowest BCUT2D eigenvalue weighted by Gasteiger charge is -2.11. The number of nitrogens with one attached hydrogen (secondary N) is 1. The minimum atomic E-state index is -0.417. The fourth-order valence-corrected chi connectivity index (χ4v) is 2.91. The summed E-state index contributed by atoms with van der Waals surface area (Å²) in [5.74, 6) is -0.192. The quantitative estimate of drug-likeness (QED) is 0.711. The standard InChI is InChI=1S/C17H14N6OS/c1-12(16(24)19-14-7-5-6-13(10-14)11-18)25-17-20-21-22-23(17)15-8-3-2-4-9-15/h2-10,12H,1H3,(H,19,24)/t12-/m1/s1. The third kappa shape index (κ3) is 4.02. The smallest absolute Gasteiger partial charge is 0.237 e. The molecule has 0 spiro atoms. The van der Waals surface area contributed by atoms with Crippen molar-refractivity contribution in [2.45, 2.75) is 17.3 Å². The van der Waals surface area contributed by atoms with Gasteiger partial charge in [-0.3, -0.25) is 4.79 Å². The Morgan fingerprint density at radius 2 is 2.04 bits per heavy atom. The topological polar surface area (TPSA) is 96.5 Å². The number of anilines is 1. The first kappa shape index (κ1) is 16.7. The molecule has 7 nitrogen and oxygen atoms in total. The molecule has 1 heterocycles. The van der Waals surface area contributed by atoms with E-state index in [0.717, 1.165) is 5.69 Å². The molecule has 0 fully saturated rings. The van der Waals surface area contributed by atoms with Crippen LogP contribution in [0.4, 0.5) is 5.69 Å². The molecule has 0 saturated carbocycles. The summed E-state index contributed by atoms with van der Waals surface area (Å²) in [5.41, 5.74) is 1.90. The molecule has 25 heavy (non-hydrogen) atoms. The van der Waals surface area contributed by atoms with Crippen molar-refractivity contribution in [1.29, 1.82) is 5.26 Å². The van der Waals surface area contributed by atoms with Gasteiger partial charge in [0.25, 0.3) is 0 Å². The van der Waals surface area contributed by atoms with Crippen LogP contribution in [0.1, 0.15) is 12.5 Å². The van der Waals surface area contributed by atoms with E-state index in [0.29, 0.717) is 16.4 Å². The van der Waals surface area contributed by atoms with Gasteiger partial charge >= 0.3 is 0 Å². The van der Waals surface area contributed by atoms with Gasteiger partial charge < -0.3 is 5.32 Å². The Balaban J connectivity index is 1.70. The number of carbonyl (C=O) groups is 1. The van der Waals surface area contributed by atoms with Crippen LogP contribution in [0.2, 0.25) is 0 Å². The molecule has 3 aromatic rings. The number of amides is 1. The Morgan fingerprint density at radius 1 is 1.24 bits per heavy atom. The van der Waals surface area contributed by atoms with Gasteiger partial charge in [0, 0.05) is 5.69 Å². The van der Waals surface area contributed by atoms with Crippen molar-refractivity contribution in [3.8, 4) is 11.8 Å². The van der Waals surface area contributed by atoms with E-state index in [1.54, 1.807) is 35.9 Å².